The maximum Gasteiger partial charge on any atom is 0.309 e. The SMILES string of the molecule is C/C(=C\c1csc(C)n1)[C@@H]1CC2N[C@@H]2CCC[C@H](C)[C@H](O)[C@@H](C)C(=O)C(C)(C)[C@@H](O)CC(=O)O1. The van der Waals surface area contributed by atoms with Crippen LogP contribution >= 0.6 is 11.3 Å². The molecule has 8 heteroatoms. The number of hydrogen-bond acceptors (Lipinski definition) is 8. The second-order valence-electron chi connectivity index (χ2n) is 10.8. The summed E-state index contributed by atoms with van der Waals surface area (Å²) < 4.78 is 5.86. The van der Waals surface area contributed by atoms with Crippen molar-refractivity contribution in [2.24, 2.45) is 17.3 Å². The van der Waals surface area contributed by atoms with Gasteiger partial charge in [0.25, 0.3) is 0 Å². The van der Waals surface area contributed by atoms with E-state index in [1.165, 1.54) is 0 Å². The summed E-state index contributed by atoms with van der Waals surface area (Å²) >= 11 is 1.57. The first kappa shape index (κ1) is 27.0. The minimum absolute atomic E-state index is 0.0264. The van der Waals surface area contributed by atoms with E-state index >= 15 is 0 Å². The lowest BCUT2D eigenvalue weighted by atomic mass is 9.73. The highest BCUT2D eigenvalue weighted by atomic mass is 32.1. The van der Waals surface area contributed by atoms with Crippen LogP contribution in [0.25, 0.3) is 6.08 Å². The van der Waals surface area contributed by atoms with Crippen molar-refractivity contribution < 1.29 is 24.5 Å². The van der Waals surface area contributed by atoms with E-state index in [1.54, 1.807) is 32.1 Å². The third-order valence-electron chi connectivity index (χ3n) is 7.58. The molecule has 7 atom stereocenters. The molecule has 1 aromatic heterocycles. The molecule has 2 saturated heterocycles. The Morgan fingerprint density at radius 1 is 1.24 bits per heavy atom. The molecule has 2 aliphatic heterocycles. The normalized spacial score (nSPS) is 36.0. The molecule has 7 nitrogen and oxygen atoms in total. The zero-order chi connectivity index (χ0) is 25.2. The van der Waals surface area contributed by atoms with Crippen LogP contribution in [-0.2, 0) is 14.3 Å². The van der Waals surface area contributed by atoms with Crippen LogP contribution in [0.2, 0.25) is 0 Å². The monoisotopic (exact) mass is 492 g/mol. The van der Waals surface area contributed by atoms with Crippen LogP contribution in [0.5, 0.6) is 0 Å². The van der Waals surface area contributed by atoms with Crippen molar-refractivity contribution in [1.82, 2.24) is 10.3 Å². The second-order valence-corrected chi connectivity index (χ2v) is 11.8. The van der Waals surface area contributed by atoms with E-state index in [9.17, 15) is 19.8 Å². The van der Waals surface area contributed by atoms with Gasteiger partial charge in [-0.2, -0.15) is 0 Å². The van der Waals surface area contributed by atoms with Gasteiger partial charge in [0.1, 0.15) is 11.9 Å². The third kappa shape index (κ3) is 6.53. The average molecular weight is 493 g/mol. The number of aliphatic hydroxyl groups is 2. The number of cyclic esters (lactones) is 1. The summed E-state index contributed by atoms with van der Waals surface area (Å²) in [6.07, 6.45) is 2.64. The van der Waals surface area contributed by atoms with Gasteiger partial charge in [0.15, 0.2) is 0 Å². The van der Waals surface area contributed by atoms with Gasteiger partial charge in [-0.15, -0.1) is 11.3 Å². The number of hydrogen-bond donors (Lipinski definition) is 3. The average Bonchev–Trinajstić information content (AvgIpc) is 3.38. The predicted molar refractivity (Wildman–Crippen MR) is 133 cm³/mol. The number of rotatable bonds is 2. The van der Waals surface area contributed by atoms with Gasteiger partial charge in [-0.25, -0.2) is 4.98 Å². The number of nitrogens with one attached hydrogen (secondary N) is 1. The van der Waals surface area contributed by atoms with Crippen LogP contribution in [0.15, 0.2) is 11.0 Å². The number of esters is 1. The number of ketones is 1. The van der Waals surface area contributed by atoms with E-state index < -0.39 is 35.6 Å². The van der Waals surface area contributed by atoms with E-state index in [-0.39, 0.29) is 24.2 Å². The topological polar surface area (TPSA) is 119 Å². The van der Waals surface area contributed by atoms with Gasteiger partial charge < -0.3 is 20.3 Å². The van der Waals surface area contributed by atoms with Crippen LogP contribution in [0.4, 0.5) is 0 Å². The first-order valence-electron chi connectivity index (χ1n) is 12.4. The summed E-state index contributed by atoms with van der Waals surface area (Å²) in [5, 5.41) is 28.1. The van der Waals surface area contributed by atoms with E-state index in [0.717, 1.165) is 35.5 Å². The Kier molecular flexibility index (Phi) is 8.71. The molecule has 0 spiro atoms. The molecule has 190 valence electrons. The van der Waals surface area contributed by atoms with Crippen LogP contribution in [0.3, 0.4) is 0 Å². The molecule has 0 saturated carbocycles. The molecular weight excluding hydrogens is 452 g/mol. The fraction of sp³-hybridized carbons (Fsp3) is 0.731. The lowest BCUT2D eigenvalue weighted by molar-refractivity contribution is -0.154. The molecule has 2 aliphatic rings. The van der Waals surface area contributed by atoms with E-state index in [1.807, 2.05) is 32.2 Å². The lowest BCUT2D eigenvalue weighted by Crippen LogP contribution is -2.45. The van der Waals surface area contributed by atoms with Crippen LogP contribution < -0.4 is 5.32 Å². The highest BCUT2D eigenvalue weighted by Gasteiger charge is 2.43. The smallest absolute Gasteiger partial charge is 0.309 e. The van der Waals surface area contributed by atoms with Crippen LogP contribution in [-0.4, -0.2) is 57.3 Å². The Balaban J connectivity index is 1.81. The number of carbonyl (C=O) groups excluding carboxylic acids is 2. The van der Waals surface area contributed by atoms with Crippen molar-refractivity contribution in [3.05, 3.63) is 21.7 Å². The van der Waals surface area contributed by atoms with Gasteiger partial charge in [0, 0.05) is 29.8 Å². The summed E-state index contributed by atoms with van der Waals surface area (Å²) in [6.45, 7) is 10.8. The molecule has 0 aromatic carbocycles. The van der Waals surface area contributed by atoms with Crippen molar-refractivity contribution in [3.63, 3.8) is 0 Å². The van der Waals surface area contributed by atoms with Gasteiger partial charge >= 0.3 is 5.97 Å². The summed E-state index contributed by atoms with van der Waals surface area (Å²) in [7, 11) is 0. The Morgan fingerprint density at radius 3 is 2.59 bits per heavy atom. The Morgan fingerprint density at radius 2 is 1.94 bits per heavy atom. The Hall–Kier alpha value is -1.61. The molecule has 3 heterocycles. The predicted octanol–water partition coefficient (Wildman–Crippen LogP) is 3.66. The molecule has 2 fully saturated rings. The summed E-state index contributed by atoms with van der Waals surface area (Å²) in [4.78, 5) is 30.5. The number of thiazole rings is 1. The first-order chi connectivity index (χ1) is 15.9. The zero-order valence-electron chi connectivity index (χ0n) is 21.2. The first-order valence-corrected chi connectivity index (χ1v) is 13.2. The molecule has 1 aromatic rings. The Labute approximate surface area is 207 Å². The zero-order valence-corrected chi connectivity index (χ0v) is 22.0. The number of aliphatic hydroxyl groups excluding tert-OH is 2. The van der Waals surface area contributed by atoms with Crippen LogP contribution in [0, 0.1) is 24.2 Å². The van der Waals surface area contributed by atoms with Gasteiger partial charge in [0.2, 0.25) is 0 Å². The number of nitrogens with zero attached hydrogens (tertiary/aromatic N) is 1. The highest BCUT2D eigenvalue weighted by Crippen LogP contribution is 2.33. The van der Waals surface area contributed by atoms with E-state index in [0.29, 0.717) is 12.5 Å². The van der Waals surface area contributed by atoms with Crippen molar-refractivity contribution in [3.8, 4) is 0 Å². The molecule has 3 rings (SSSR count). The molecular formula is C26H40N2O5S. The third-order valence-corrected chi connectivity index (χ3v) is 8.37. The lowest BCUT2D eigenvalue weighted by Gasteiger charge is -2.34. The molecule has 34 heavy (non-hydrogen) atoms. The summed E-state index contributed by atoms with van der Waals surface area (Å²) in [5.41, 5.74) is 0.567. The highest BCUT2D eigenvalue weighted by molar-refractivity contribution is 7.09. The molecule has 0 radical (unpaired) electrons. The van der Waals surface area contributed by atoms with Gasteiger partial charge in [-0.1, -0.05) is 34.1 Å². The van der Waals surface area contributed by atoms with Gasteiger partial charge in [0.05, 0.1) is 34.7 Å². The van der Waals surface area contributed by atoms with Crippen molar-refractivity contribution in [2.45, 2.75) is 104 Å². The summed E-state index contributed by atoms with van der Waals surface area (Å²) in [6, 6.07) is 0.615. The summed E-state index contributed by atoms with van der Waals surface area (Å²) in [5.74, 6) is -1.43. The molecule has 0 amide bonds. The number of ether oxygens (including phenoxy) is 1. The second kappa shape index (κ2) is 11.0. The van der Waals surface area contributed by atoms with Gasteiger partial charge in [-0.05, 0) is 44.3 Å². The number of fused-ring (bicyclic) bond motifs is 1. The quantitative estimate of drug-likeness (QED) is 0.426. The number of aryl methyl sites for hydroxylation is 1. The van der Waals surface area contributed by atoms with Crippen molar-refractivity contribution in [2.75, 3.05) is 0 Å². The van der Waals surface area contributed by atoms with E-state index in [4.69, 9.17) is 4.74 Å². The largest absolute Gasteiger partial charge is 0.458 e. The number of carbonyl (C=O) groups is 2. The van der Waals surface area contributed by atoms with E-state index in [2.05, 4.69) is 10.3 Å². The molecule has 0 aliphatic carbocycles. The van der Waals surface area contributed by atoms with Crippen molar-refractivity contribution in [1.29, 1.82) is 0 Å². The molecule has 3 N–H and O–H groups in total. The Bertz CT molecular complexity index is 911. The minimum Gasteiger partial charge on any atom is -0.458 e. The molecule has 0 bridgehead atoms. The van der Waals surface area contributed by atoms with Crippen LogP contribution in [0.1, 0.15) is 77.4 Å². The molecule has 1 unspecified atom stereocenters. The van der Waals surface area contributed by atoms with Crippen molar-refractivity contribution >= 4 is 29.2 Å². The maximum absolute atomic E-state index is 13.2. The fourth-order valence-corrected chi connectivity index (χ4v) is 5.49. The number of Topliss-reactive ketones (excluding diaryl/α,β-unsaturated/α-hetero) is 1. The number of aromatic nitrogens is 1. The minimum atomic E-state index is -1.21. The standard InChI is InChI=1S/C26H40N2O5S/c1-14-8-7-9-19-20(28-19)11-21(15(2)10-18-13-34-17(4)27-18)33-23(30)12-22(29)26(5,6)25(32)16(3)24(14)31/h10,13-14,16,19-22,24,28-29,31H,7-9,11-12H2,1-6H3/b15-10+/t14-,16+,19+,20?,21-,22-,24-/m0/s1. The van der Waals surface area contributed by atoms with Gasteiger partial charge in [-0.3, -0.25) is 9.59 Å². The fourth-order valence-electron chi connectivity index (χ4n) is 4.92. The maximum atomic E-state index is 13.2.